The Labute approximate surface area is 146 Å². The summed E-state index contributed by atoms with van der Waals surface area (Å²) < 4.78 is 5.14. The quantitative estimate of drug-likeness (QED) is 0.171. The Kier molecular flexibility index (Phi) is 18.7. The summed E-state index contributed by atoms with van der Waals surface area (Å²) in [7, 11) is 0. The first-order chi connectivity index (χ1) is 11.3. The predicted molar refractivity (Wildman–Crippen MR) is 105 cm³/mol. The van der Waals surface area contributed by atoms with E-state index in [-0.39, 0.29) is 0 Å². The van der Waals surface area contributed by atoms with Crippen molar-refractivity contribution < 1.29 is 4.74 Å². The van der Waals surface area contributed by atoms with E-state index in [9.17, 15) is 0 Å². The molecule has 0 aliphatic carbocycles. The molecule has 0 amide bonds. The van der Waals surface area contributed by atoms with Crippen molar-refractivity contribution in [2.24, 2.45) is 0 Å². The van der Waals surface area contributed by atoms with Crippen LogP contribution in [-0.4, -0.2) is 0 Å². The molecule has 0 bridgehead atoms. The predicted octanol–water partition coefficient (Wildman–Crippen LogP) is 8.31. The van der Waals surface area contributed by atoms with Crippen LogP contribution in [0.5, 0.6) is 0 Å². The highest BCUT2D eigenvalue weighted by Crippen LogP contribution is 2.15. The molecule has 0 heterocycles. The lowest BCUT2D eigenvalue weighted by atomic mass is 10.0. The highest BCUT2D eigenvalue weighted by molar-refractivity contribution is 4.84. The van der Waals surface area contributed by atoms with Gasteiger partial charge in [0.1, 0.15) is 0 Å². The third-order valence-electron chi connectivity index (χ3n) is 4.56. The third-order valence-corrected chi connectivity index (χ3v) is 4.56. The van der Waals surface area contributed by atoms with Crippen molar-refractivity contribution in [3.63, 3.8) is 0 Å². The van der Waals surface area contributed by atoms with Crippen LogP contribution in [0.15, 0.2) is 25.2 Å². The minimum absolute atomic E-state index is 0.852. The molecule has 0 aliphatic rings. The van der Waals surface area contributed by atoms with Crippen LogP contribution in [0.25, 0.3) is 0 Å². The average molecular weight is 323 g/mol. The summed E-state index contributed by atoms with van der Waals surface area (Å²) >= 11 is 0. The second-order valence-corrected chi connectivity index (χ2v) is 6.88. The number of hydrogen-bond donors (Lipinski definition) is 0. The Morgan fingerprint density at radius 1 is 0.652 bits per heavy atom. The van der Waals surface area contributed by atoms with Gasteiger partial charge in [-0.1, -0.05) is 116 Å². The van der Waals surface area contributed by atoms with Gasteiger partial charge in [0.15, 0.2) is 0 Å². The van der Waals surface area contributed by atoms with Crippen molar-refractivity contribution in [2.75, 3.05) is 0 Å². The van der Waals surface area contributed by atoms with Crippen molar-refractivity contribution in [2.45, 2.75) is 116 Å². The molecule has 1 heteroatoms. The normalized spacial score (nSPS) is 10.7. The van der Waals surface area contributed by atoms with Gasteiger partial charge in [0, 0.05) is 6.42 Å². The maximum atomic E-state index is 5.14. The van der Waals surface area contributed by atoms with E-state index in [0.717, 1.165) is 12.2 Å². The molecular weight excluding hydrogens is 280 g/mol. The molecule has 0 aliphatic heterocycles. The van der Waals surface area contributed by atoms with Gasteiger partial charge >= 0.3 is 0 Å². The van der Waals surface area contributed by atoms with Crippen molar-refractivity contribution >= 4 is 0 Å². The molecule has 0 spiro atoms. The molecule has 0 radical (unpaired) electrons. The van der Waals surface area contributed by atoms with Crippen LogP contribution < -0.4 is 0 Å². The molecule has 0 fully saturated rings. The zero-order valence-electron chi connectivity index (χ0n) is 15.9. The van der Waals surface area contributed by atoms with Crippen molar-refractivity contribution in [1.29, 1.82) is 0 Å². The molecular formula is C22H42O. The fourth-order valence-corrected chi connectivity index (χ4v) is 3.05. The van der Waals surface area contributed by atoms with Gasteiger partial charge in [0.2, 0.25) is 0 Å². The lowest BCUT2D eigenvalue weighted by Gasteiger charge is -2.05. The monoisotopic (exact) mass is 322 g/mol. The van der Waals surface area contributed by atoms with Crippen LogP contribution in [0.1, 0.15) is 116 Å². The Balaban J connectivity index is 3.02. The van der Waals surface area contributed by atoms with Crippen molar-refractivity contribution in [3.8, 4) is 0 Å². The smallest absolute Gasteiger partial charge is 0.0960 e. The highest BCUT2D eigenvalue weighted by Gasteiger charge is 1.96. The Morgan fingerprint density at radius 3 is 1.35 bits per heavy atom. The molecule has 0 atom stereocenters. The molecule has 0 N–H and O–H groups in total. The maximum Gasteiger partial charge on any atom is 0.0960 e. The molecule has 23 heavy (non-hydrogen) atoms. The minimum atomic E-state index is 0.852. The minimum Gasteiger partial charge on any atom is -0.471 e. The van der Waals surface area contributed by atoms with E-state index in [1.807, 2.05) is 0 Å². The second-order valence-electron chi connectivity index (χ2n) is 6.88. The number of rotatable bonds is 19. The van der Waals surface area contributed by atoms with Crippen LogP contribution in [0.4, 0.5) is 0 Å². The molecule has 136 valence electrons. The largest absolute Gasteiger partial charge is 0.471 e. The topological polar surface area (TPSA) is 9.23 Å². The summed E-state index contributed by atoms with van der Waals surface area (Å²) in [6.45, 7) is 9.69. The van der Waals surface area contributed by atoms with Gasteiger partial charge in [-0.3, -0.25) is 0 Å². The standard InChI is InChI=1S/C22H42O/c1-4-6-7-8-9-10-11-12-13-14-15-16-17-18-19-20-21-22(3)23-5-2/h5H,2-4,6-21H2,1H3. The van der Waals surface area contributed by atoms with Gasteiger partial charge < -0.3 is 4.74 Å². The zero-order chi connectivity index (χ0) is 17.0. The maximum absolute atomic E-state index is 5.14. The number of ether oxygens (including phenoxy) is 1. The molecule has 0 aromatic carbocycles. The zero-order valence-corrected chi connectivity index (χ0v) is 15.9. The summed E-state index contributed by atoms with van der Waals surface area (Å²) in [5.41, 5.74) is 0. The first-order valence-electron chi connectivity index (χ1n) is 10.3. The van der Waals surface area contributed by atoms with E-state index >= 15 is 0 Å². The number of unbranched alkanes of at least 4 members (excludes halogenated alkanes) is 15. The molecule has 0 aromatic rings. The van der Waals surface area contributed by atoms with E-state index in [0.29, 0.717) is 0 Å². The van der Waals surface area contributed by atoms with Gasteiger partial charge in [-0.15, -0.1) is 0 Å². The van der Waals surface area contributed by atoms with Crippen LogP contribution in [0.3, 0.4) is 0 Å². The molecule has 0 unspecified atom stereocenters. The van der Waals surface area contributed by atoms with Crippen molar-refractivity contribution in [1.82, 2.24) is 0 Å². The average Bonchev–Trinajstić information content (AvgIpc) is 2.54. The van der Waals surface area contributed by atoms with Gasteiger partial charge in [0.25, 0.3) is 0 Å². The SMILES string of the molecule is C=COC(=C)CCCCCCCCCCCCCCCCCC. The van der Waals surface area contributed by atoms with E-state index in [2.05, 4.69) is 20.1 Å². The summed E-state index contributed by atoms with van der Waals surface area (Å²) in [6.07, 6.45) is 25.0. The second kappa shape index (κ2) is 19.3. The summed E-state index contributed by atoms with van der Waals surface area (Å²) in [5.74, 6) is 0.852. The summed E-state index contributed by atoms with van der Waals surface area (Å²) in [5, 5.41) is 0. The lowest BCUT2D eigenvalue weighted by molar-refractivity contribution is 0.332. The summed E-state index contributed by atoms with van der Waals surface area (Å²) in [4.78, 5) is 0. The fraction of sp³-hybridized carbons (Fsp3) is 0.818. The van der Waals surface area contributed by atoms with Gasteiger partial charge in [-0.2, -0.15) is 0 Å². The number of hydrogen-bond acceptors (Lipinski definition) is 1. The van der Waals surface area contributed by atoms with E-state index in [1.165, 1.54) is 109 Å². The summed E-state index contributed by atoms with van der Waals surface area (Å²) in [6, 6.07) is 0. The van der Waals surface area contributed by atoms with Crippen molar-refractivity contribution in [3.05, 3.63) is 25.2 Å². The van der Waals surface area contributed by atoms with E-state index in [1.54, 1.807) is 0 Å². The molecule has 1 nitrogen and oxygen atoms in total. The first kappa shape index (κ1) is 22.3. The first-order valence-corrected chi connectivity index (χ1v) is 10.3. The van der Waals surface area contributed by atoms with Crippen LogP contribution in [-0.2, 0) is 4.74 Å². The van der Waals surface area contributed by atoms with E-state index in [4.69, 9.17) is 4.74 Å². The van der Waals surface area contributed by atoms with Gasteiger partial charge in [-0.25, -0.2) is 0 Å². The van der Waals surface area contributed by atoms with Gasteiger partial charge in [0.05, 0.1) is 12.0 Å². The molecule has 0 aromatic heterocycles. The molecule has 0 saturated carbocycles. The van der Waals surface area contributed by atoms with Crippen LogP contribution >= 0.6 is 0 Å². The number of allylic oxidation sites excluding steroid dienone is 1. The van der Waals surface area contributed by atoms with Crippen LogP contribution in [0.2, 0.25) is 0 Å². The Hall–Kier alpha value is -0.720. The Bertz CT molecular complexity index is 257. The highest BCUT2D eigenvalue weighted by atomic mass is 16.5. The third kappa shape index (κ3) is 19.2. The fourth-order valence-electron chi connectivity index (χ4n) is 3.05. The lowest BCUT2D eigenvalue weighted by Crippen LogP contribution is -1.86. The molecule has 0 saturated heterocycles. The Morgan fingerprint density at radius 2 is 1.00 bits per heavy atom. The van der Waals surface area contributed by atoms with Crippen LogP contribution in [0, 0.1) is 0 Å². The molecule has 0 rings (SSSR count). The van der Waals surface area contributed by atoms with E-state index < -0.39 is 0 Å². The van der Waals surface area contributed by atoms with Gasteiger partial charge in [-0.05, 0) is 6.42 Å².